The molecule has 8 nitrogen and oxygen atoms in total. The van der Waals surface area contributed by atoms with E-state index < -0.39 is 16.0 Å². The van der Waals surface area contributed by atoms with Gasteiger partial charge in [0.25, 0.3) is 0 Å². The van der Waals surface area contributed by atoms with Gasteiger partial charge in [-0.2, -0.15) is 4.31 Å². The van der Waals surface area contributed by atoms with Crippen LogP contribution in [-0.4, -0.2) is 55.4 Å². The summed E-state index contributed by atoms with van der Waals surface area (Å²) in [6.45, 7) is 3.51. The lowest BCUT2D eigenvalue weighted by Crippen LogP contribution is -2.43. The number of carbonyl (C=O) groups is 2. The predicted octanol–water partition coefficient (Wildman–Crippen LogP) is 1.80. The summed E-state index contributed by atoms with van der Waals surface area (Å²) < 4.78 is 33.2. The Hall–Kier alpha value is -2.65. The molecule has 2 heterocycles. The molecular weight excluding hydrogens is 394 g/mol. The normalized spacial score (nSPS) is 16.2. The number of para-hydroxylation sites is 1. The molecule has 0 saturated heterocycles. The van der Waals surface area contributed by atoms with E-state index in [1.165, 1.54) is 23.9 Å². The van der Waals surface area contributed by atoms with Crippen LogP contribution in [0.25, 0.3) is 0 Å². The number of sulfonamides is 1. The molecule has 0 fully saturated rings. The average Bonchev–Trinajstić information content (AvgIpc) is 3.21. The monoisotopic (exact) mass is 419 g/mol. The highest BCUT2D eigenvalue weighted by Crippen LogP contribution is 2.32. The van der Waals surface area contributed by atoms with Gasteiger partial charge in [-0.15, -0.1) is 0 Å². The molecular formula is C20H25N3O5S. The lowest BCUT2D eigenvalue weighted by molar-refractivity contribution is -0.118. The molecule has 1 aliphatic rings. The van der Waals surface area contributed by atoms with E-state index in [0.717, 1.165) is 22.0 Å². The van der Waals surface area contributed by atoms with Crippen molar-refractivity contribution in [3.8, 4) is 0 Å². The van der Waals surface area contributed by atoms with Crippen molar-refractivity contribution in [2.45, 2.75) is 31.2 Å². The largest absolute Gasteiger partial charge is 0.461 e. The molecule has 1 aromatic carbocycles. The number of amides is 1. The number of hydrogen-bond acceptors (Lipinski definition) is 5. The van der Waals surface area contributed by atoms with Crippen LogP contribution in [0.5, 0.6) is 0 Å². The first kappa shape index (κ1) is 21.1. The van der Waals surface area contributed by atoms with Crippen molar-refractivity contribution in [2.75, 3.05) is 25.1 Å². The molecule has 0 spiro atoms. The molecule has 0 aliphatic carbocycles. The van der Waals surface area contributed by atoms with E-state index in [9.17, 15) is 18.0 Å². The third kappa shape index (κ3) is 3.92. The molecule has 1 aliphatic heterocycles. The number of benzene rings is 1. The fourth-order valence-corrected chi connectivity index (χ4v) is 4.75. The first-order chi connectivity index (χ1) is 13.7. The number of anilines is 1. The summed E-state index contributed by atoms with van der Waals surface area (Å²) in [4.78, 5) is 26.5. The maximum atomic E-state index is 12.9. The van der Waals surface area contributed by atoms with E-state index in [1.54, 1.807) is 18.9 Å². The van der Waals surface area contributed by atoms with Crippen LogP contribution < -0.4 is 4.90 Å². The standard InChI is InChI=1S/C20H25N3O5S/c1-5-28-20(25)18-11-16(12-21(18)3)29(26,27)22(4)13-19(24)23-14(2)10-15-8-6-7-9-17(15)23/h6-9,11-12,14H,5,10,13H2,1-4H3. The number of aryl methyl sites for hydroxylation is 1. The number of esters is 1. The molecule has 1 aromatic heterocycles. The minimum Gasteiger partial charge on any atom is -0.461 e. The van der Waals surface area contributed by atoms with Crippen LogP contribution in [0.3, 0.4) is 0 Å². The van der Waals surface area contributed by atoms with Gasteiger partial charge in [0.05, 0.1) is 13.2 Å². The van der Waals surface area contributed by atoms with E-state index in [4.69, 9.17) is 4.74 Å². The molecule has 2 aromatic rings. The molecule has 29 heavy (non-hydrogen) atoms. The number of aromatic nitrogens is 1. The number of nitrogens with zero attached hydrogens (tertiary/aromatic N) is 3. The Labute approximate surface area is 170 Å². The van der Waals surface area contributed by atoms with E-state index >= 15 is 0 Å². The summed E-state index contributed by atoms with van der Waals surface area (Å²) in [7, 11) is -1.02. The van der Waals surface area contributed by atoms with Crippen molar-refractivity contribution in [3.63, 3.8) is 0 Å². The third-order valence-corrected chi connectivity index (χ3v) is 6.78. The summed E-state index contributed by atoms with van der Waals surface area (Å²) >= 11 is 0. The second kappa shape index (κ2) is 8.00. The van der Waals surface area contributed by atoms with Gasteiger partial charge in [0, 0.05) is 32.0 Å². The first-order valence-electron chi connectivity index (χ1n) is 9.36. The molecule has 0 radical (unpaired) electrons. The number of hydrogen-bond donors (Lipinski definition) is 0. The Bertz CT molecular complexity index is 1040. The molecule has 0 N–H and O–H groups in total. The summed E-state index contributed by atoms with van der Waals surface area (Å²) in [5, 5.41) is 0. The Morgan fingerprint density at radius 1 is 1.28 bits per heavy atom. The van der Waals surface area contributed by atoms with Crippen molar-refractivity contribution in [1.29, 1.82) is 0 Å². The minimum atomic E-state index is -3.95. The quantitative estimate of drug-likeness (QED) is 0.666. The summed E-state index contributed by atoms with van der Waals surface area (Å²) in [5.74, 6) is -0.896. The molecule has 1 amide bonds. The lowest BCUT2D eigenvalue weighted by Gasteiger charge is -2.25. The Balaban J connectivity index is 1.80. The summed E-state index contributed by atoms with van der Waals surface area (Å²) in [6, 6.07) is 8.85. The van der Waals surface area contributed by atoms with Crippen molar-refractivity contribution >= 4 is 27.6 Å². The van der Waals surface area contributed by atoms with Gasteiger partial charge in [0.1, 0.15) is 10.6 Å². The van der Waals surface area contributed by atoms with Crippen LogP contribution in [0.4, 0.5) is 5.69 Å². The SMILES string of the molecule is CCOC(=O)c1cc(S(=O)(=O)N(C)CC(=O)N2c3ccccc3CC2C)cn1C. The second-order valence-corrected chi connectivity index (χ2v) is 9.14. The molecule has 3 rings (SSSR count). The van der Waals surface area contributed by atoms with Crippen molar-refractivity contribution in [1.82, 2.24) is 8.87 Å². The van der Waals surface area contributed by atoms with Gasteiger partial charge in [-0.25, -0.2) is 13.2 Å². The third-order valence-electron chi connectivity index (χ3n) is 5.01. The fourth-order valence-electron chi connectivity index (χ4n) is 3.56. The van der Waals surface area contributed by atoms with Crippen LogP contribution in [0.1, 0.15) is 29.9 Å². The van der Waals surface area contributed by atoms with Gasteiger partial charge in [0.15, 0.2) is 0 Å². The van der Waals surface area contributed by atoms with Gasteiger partial charge < -0.3 is 14.2 Å². The van der Waals surface area contributed by atoms with E-state index in [-0.39, 0.29) is 35.7 Å². The summed E-state index contributed by atoms with van der Waals surface area (Å²) in [6.07, 6.45) is 2.08. The first-order valence-corrected chi connectivity index (χ1v) is 10.8. The van der Waals surface area contributed by atoms with Crippen molar-refractivity contribution in [2.24, 2.45) is 7.05 Å². The molecule has 1 atom stereocenters. The van der Waals surface area contributed by atoms with Gasteiger partial charge >= 0.3 is 5.97 Å². The molecule has 1 unspecified atom stereocenters. The maximum Gasteiger partial charge on any atom is 0.354 e. The zero-order chi connectivity index (χ0) is 21.3. The Kier molecular flexibility index (Phi) is 5.81. The molecule has 9 heteroatoms. The van der Waals surface area contributed by atoms with Crippen LogP contribution in [0, 0.1) is 0 Å². The van der Waals surface area contributed by atoms with E-state index in [0.29, 0.717) is 0 Å². The number of ether oxygens (including phenoxy) is 1. The summed E-state index contributed by atoms with van der Waals surface area (Å²) in [5.41, 5.74) is 2.02. The van der Waals surface area contributed by atoms with Crippen LogP contribution in [0.15, 0.2) is 41.4 Å². The molecule has 0 saturated carbocycles. The maximum absolute atomic E-state index is 12.9. The highest BCUT2D eigenvalue weighted by Gasteiger charge is 2.33. The number of carbonyl (C=O) groups excluding carboxylic acids is 2. The highest BCUT2D eigenvalue weighted by molar-refractivity contribution is 7.89. The van der Waals surface area contributed by atoms with Crippen LogP contribution in [-0.2, 0) is 33.0 Å². The van der Waals surface area contributed by atoms with Gasteiger partial charge in [-0.05, 0) is 38.0 Å². The average molecular weight is 420 g/mol. The van der Waals surface area contributed by atoms with Crippen LogP contribution in [0.2, 0.25) is 0 Å². The zero-order valence-corrected chi connectivity index (χ0v) is 17.8. The Morgan fingerprint density at radius 3 is 2.66 bits per heavy atom. The zero-order valence-electron chi connectivity index (χ0n) is 17.0. The molecule has 156 valence electrons. The fraction of sp³-hybridized carbons (Fsp3) is 0.400. The van der Waals surface area contributed by atoms with Gasteiger partial charge in [0.2, 0.25) is 15.9 Å². The second-order valence-electron chi connectivity index (χ2n) is 7.10. The minimum absolute atomic E-state index is 0.0388. The number of fused-ring (bicyclic) bond motifs is 1. The lowest BCUT2D eigenvalue weighted by atomic mass is 10.1. The smallest absolute Gasteiger partial charge is 0.354 e. The Morgan fingerprint density at radius 2 is 1.97 bits per heavy atom. The van der Waals surface area contributed by atoms with E-state index in [2.05, 4.69) is 0 Å². The van der Waals surface area contributed by atoms with Gasteiger partial charge in [-0.1, -0.05) is 18.2 Å². The topological polar surface area (TPSA) is 88.9 Å². The van der Waals surface area contributed by atoms with Crippen LogP contribution >= 0.6 is 0 Å². The van der Waals surface area contributed by atoms with Crippen molar-refractivity contribution < 1.29 is 22.7 Å². The highest BCUT2D eigenvalue weighted by atomic mass is 32.2. The number of rotatable bonds is 6. The predicted molar refractivity (Wildman–Crippen MR) is 108 cm³/mol. The van der Waals surface area contributed by atoms with E-state index in [1.807, 2.05) is 31.2 Å². The van der Waals surface area contributed by atoms with Gasteiger partial charge in [-0.3, -0.25) is 4.79 Å². The molecule has 0 bridgehead atoms. The number of likely N-dealkylation sites (N-methyl/N-ethyl adjacent to an activating group) is 1. The van der Waals surface area contributed by atoms with Crippen molar-refractivity contribution in [3.05, 3.63) is 47.8 Å².